The van der Waals surface area contributed by atoms with Crippen molar-refractivity contribution < 1.29 is 22.3 Å². The quantitative estimate of drug-likeness (QED) is 0.672. The van der Waals surface area contributed by atoms with E-state index in [1.54, 1.807) is 17.2 Å². The van der Waals surface area contributed by atoms with Crippen LogP contribution in [-0.2, 0) is 4.74 Å². The molecule has 4 nitrogen and oxygen atoms in total. The molecule has 1 fully saturated rings. The first-order valence-corrected chi connectivity index (χ1v) is 9.58. The minimum absolute atomic E-state index is 0.0502. The van der Waals surface area contributed by atoms with Crippen LogP contribution in [0.4, 0.5) is 17.6 Å². The zero-order valence-corrected chi connectivity index (χ0v) is 15.6. The van der Waals surface area contributed by atoms with Crippen LogP contribution in [0.5, 0.6) is 0 Å². The first-order chi connectivity index (χ1) is 13.3. The number of H-pyrrole nitrogens is 1. The Morgan fingerprint density at radius 2 is 2.11 bits per heavy atom. The fraction of sp³-hybridized carbons (Fsp3) is 0.550. The second-order valence-electron chi connectivity index (χ2n) is 7.83. The van der Waals surface area contributed by atoms with Crippen LogP contribution in [0.25, 0.3) is 11.0 Å². The van der Waals surface area contributed by atoms with E-state index < -0.39 is 24.5 Å². The van der Waals surface area contributed by atoms with Gasteiger partial charge in [0, 0.05) is 36.2 Å². The van der Waals surface area contributed by atoms with Crippen LogP contribution >= 0.6 is 0 Å². The van der Waals surface area contributed by atoms with E-state index in [9.17, 15) is 17.6 Å². The first kappa shape index (κ1) is 19.2. The highest BCUT2D eigenvalue weighted by Gasteiger charge is 2.34. The molecular weight excluding hydrogens is 374 g/mol. The van der Waals surface area contributed by atoms with Gasteiger partial charge in [-0.1, -0.05) is 6.92 Å². The van der Waals surface area contributed by atoms with Crippen LogP contribution in [0, 0.1) is 17.7 Å². The molecule has 4 rings (SSSR count). The highest BCUT2D eigenvalue weighted by atomic mass is 19.4. The second-order valence-corrected chi connectivity index (χ2v) is 7.83. The van der Waals surface area contributed by atoms with Crippen molar-refractivity contribution in [1.29, 1.82) is 0 Å². The summed E-state index contributed by atoms with van der Waals surface area (Å²) < 4.78 is 58.6. The molecule has 2 aliphatic rings. The Kier molecular flexibility index (Phi) is 5.07. The highest BCUT2D eigenvalue weighted by molar-refractivity contribution is 5.80. The molecule has 8 heteroatoms. The molecule has 0 aromatic carbocycles. The number of aromatic amines is 1. The number of pyridine rings is 1. The molecule has 1 N–H and O–H groups in total. The van der Waals surface area contributed by atoms with Crippen LogP contribution < -0.4 is 0 Å². The summed E-state index contributed by atoms with van der Waals surface area (Å²) in [6.07, 6.45) is 1.37. The third-order valence-electron chi connectivity index (χ3n) is 5.37. The van der Waals surface area contributed by atoms with Gasteiger partial charge in [0.25, 0.3) is 0 Å². The molecular formula is C20H23F4N3O. The van der Waals surface area contributed by atoms with Gasteiger partial charge in [0.05, 0.1) is 19.2 Å². The Morgan fingerprint density at radius 1 is 1.32 bits per heavy atom. The first-order valence-electron chi connectivity index (χ1n) is 9.58. The summed E-state index contributed by atoms with van der Waals surface area (Å²) in [7, 11) is 0. The minimum Gasteiger partial charge on any atom is -0.488 e. The van der Waals surface area contributed by atoms with Gasteiger partial charge in [0.15, 0.2) is 0 Å². The van der Waals surface area contributed by atoms with Crippen molar-refractivity contribution in [2.45, 2.75) is 38.5 Å². The van der Waals surface area contributed by atoms with Gasteiger partial charge in [0.1, 0.15) is 23.3 Å². The number of halogens is 4. The van der Waals surface area contributed by atoms with Crippen molar-refractivity contribution >= 4 is 11.0 Å². The van der Waals surface area contributed by atoms with Gasteiger partial charge in [-0.3, -0.25) is 4.90 Å². The zero-order chi connectivity index (χ0) is 19.9. The van der Waals surface area contributed by atoms with Gasteiger partial charge >= 0.3 is 6.18 Å². The molecule has 3 heterocycles. The number of nitrogens with zero attached hydrogens (tertiary/aromatic N) is 2. The van der Waals surface area contributed by atoms with E-state index in [2.05, 4.69) is 9.97 Å². The fourth-order valence-electron chi connectivity index (χ4n) is 3.80. The van der Waals surface area contributed by atoms with Crippen LogP contribution in [-0.4, -0.2) is 40.7 Å². The van der Waals surface area contributed by atoms with Crippen molar-refractivity contribution in [2.24, 2.45) is 11.8 Å². The average molecular weight is 397 g/mol. The molecule has 152 valence electrons. The van der Waals surface area contributed by atoms with Crippen molar-refractivity contribution in [3.8, 4) is 0 Å². The number of rotatable bonds is 7. The molecule has 2 aromatic rings. The lowest BCUT2D eigenvalue weighted by Crippen LogP contribution is -2.32. The number of nitrogens with one attached hydrogen (secondary N) is 1. The number of alkyl halides is 3. The van der Waals surface area contributed by atoms with Crippen molar-refractivity contribution in [3.63, 3.8) is 0 Å². The molecule has 0 amide bonds. The van der Waals surface area contributed by atoms with E-state index in [-0.39, 0.29) is 12.5 Å². The molecule has 28 heavy (non-hydrogen) atoms. The Hall–Kier alpha value is -2.09. The molecule has 2 aromatic heterocycles. The summed E-state index contributed by atoms with van der Waals surface area (Å²) in [5.41, 5.74) is 1.02. The summed E-state index contributed by atoms with van der Waals surface area (Å²) in [5.74, 6) is 0.557. The Balaban J connectivity index is 1.48. The predicted molar refractivity (Wildman–Crippen MR) is 97.0 cm³/mol. The standard InChI is InChI=1S/C20H23F4N3O/c1-12-8-14(11-27(10-13-2-3-13)7-5-20(22,23)24)28-18(12)17-15-4-6-25-19(15)26-9-16(17)21/h4,6,8-9,12-13,18H,2-3,5,7,10-11H2,1H3,(H,25,26). The largest absolute Gasteiger partial charge is 0.488 e. The smallest absolute Gasteiger partial charge is 0.390 e. The SMILES string of the molecule is CC1C=C(CN(CCC(F)(F)F)CC2CC2)OC1c1c(F)cnc2[nH]ccc12. The maximum atomic E-state index is 14.5. The summed E-state index contributed by atoms with van der Waals surface area (Å²) in [4.78, 5) is 8.80. The van der Waals surface area contributed by atoms with Gasteiger partial charge < -0.3 is 9.72 Å². The number of aromatic nitrogens is 2. The van der Waals surface area contributed by atoms with E-state index in [0.29, 0.717) is 41.4 Å². The van der Waals surface area contributed by atoms with Crippen LogP contribution in [0.2, 0.25) is 0 Å². The van der Waals surface area contributed by atoms with Crippen LogP contribution in [0.15, 0.2) is 30.3 Å². The molecule has 2 atom stereocenters. The second kappa shape index (κ2) is 7.39. The highest BCUT2D eigenvalue weighted by Crippen LogP contribution is 2.40. The zero-order valence-electron chi connectivity index (χ0n) is 15.6. The third-order valence-corrected chi connectivity index (χ3v) is 5.37. The monoisotopic (exact) mass is 397 g/mol. The number of hydrogen-bond donors (Lipinski definition) is 1. The number of hydrogen-bond acceptors (Lipinski definition) is 3. The summed E-state index contributed by atoms with van der Waals surface area (Å²) >= 11 is 0. The van der Waals surface area contributed by atoms with E-state index >= 15 is 0 Å². The minimum atomic E-state index is -4.18. The van der Waals surface area contributed by atoms with E-state index in [1.807, 2.05) is 13.0 Å². The lowest BCUT2D eigenvalue weighted by atomic mass is 9.97. The lowest BCUT2D eigenvalue weighted by Gasteiger charge is -2.24. The van der Waals surface area contributed by atoms with Crippen molar-refractivity contribution in [1.82, 2.24) is 14.9 Å². The summed E-state index contributed by atoms with van der Waals surface area (Å²) in [5, 5.41) is 0.665. The summed E-state index contributed by atoms with van der Waals surface area (Å²) in [6.45, 7) is 2.83. The molecule has 1 aliphatic heterocycles. The molecule has 0 bridgehead atoms. The maximum Gasteiger partial charge on any atom is 0.390 e. The normalized spacial score (nSPS) is 22.7. The van der Waals surface area contributed by atoms with E-state index in [0.717, 1.165) is 12.8 Å². The lowest BCUT2D eigenvalue weighted by molar-refractivity contribution is -0.138. The maximum absolute atomic E-state index is 14.5. The number of fused-ring (bicyclic) bond motifs is 1. The molecule has 2 unspecified atom stereocenters. The van der Waals surface area contributed by atoms with Crippen LogP contribution in [0.1, 0.15) is 37.9 Å². The molecule has 1 saturated carbocycles. The van der Waals surface area contributed by atoms with Crippen LogP contribution in [0.3, 0.4) is 0 Å². The Morgan fingerprint density at radius 3 is 2.82 bits per heavy atom. The molecule has 0 radical (unpaired) electrons. The average Bonchev–Trinajstić information content (AvgIpc) is 3.17. The fourth-order valence-corrected chi connectivity index (χ4v) is 3.80. The van der Waals surface area contributed by atoms with Crippen molar-refractivity contribution in [3.05, 3.63) is 41.7 Å². The molecule has 1 aliphatic carbocycles. The molecule has 0 saturated heterocycles. The molecule has 0 spiro atoms. The topological polar surface area (TPSA) is 41.1 Å². The van der Waals surface area contributed by atoms with Gasteiger partial charge in [-0.15, -0.1) is 0 Å². The van der Waals surface area contributed by atoms with Gasteiger partial charge in [0.2, 0.25) is 0 Å². The number of ether oxygens (including phenoxy) is 1. The summed E-state index contributed by atoms with van der Waals surface area (Å²) in [6, 6.07) is 1.76. The van der Waals surface area contributed by atoms with E-state index in [4.69, 9.17) is 4.74 Å². The van der Waals surface area contributed by atoms with E-state index in [1.165, 1.54) is 6.20 Å². The van der Waals surface area contributed by atoms with Crippen molar-refractivity contribution in [2.75, 3.05) is 19.6 Å². The Labute approximate surface area is 160 Å². The predicted octanol–water partition coefficient (Wildman–Crippen LogP) is 4.96. The Bertz CT molecular complexity index is 872. The van der Waals surface area contributed by atoms with Gasteiger partial charge in [-0.25, -0.2) is 9.37 Å². The van der Waals surface area contributed by atoms with Gasteiger partial charge in [-0.2, -0.15) is 13.2 Å². The van der Waals surface area contributed by atoms with Gasteiger partial charge in [-0.05, 0) is 30.9 Å². The third kappa shape index (κ3) is 4.32.